The molecule has 0 aliphatic heterocycles. The molecule has 102 valence electrons. The molecule has 0 spiro atoms. The van der Waals surface area contributed by atoms with Gasteiger partial charge in [0.1, 0.15) is 0 Å². The van der Waals surface area contributed by atoms with Crippen LogP contribution in [0.2, 0.25) is 39.3 Å². The topological polar surface area (TPSA) is 34.1 Å². The number of benzene rings is 1. The van der Waals surface area contributed by atoms with E-state index in [9.17, 15) is 8.42 Å². The molecule has 0 bridgehead atoms. The highest BCUT2D eigenvalue weighted by molar-refractivity contribution is 7.96. The first-order chi connectivity index (χ1) is 7.97. The van der Waals surface area contributed by atoms with Crippen LogP contribution in [0.4, 0.5) is 0 Å². The molecule has 1 aromatic rings. The van der Waals surface area contributed by atoms with Gasteiger partial charge in [-0.1, -0.05) is 57.5 Å². The van der Waals surface area contributed by atoms with E-state index in [-0.39, 0.29) is 4.50 Å². The van der Waals surface area contributed by atoms with E-state index < -0.39 is 26.0 Å². The zero-order valence-electron chi connectivity index (χ0n) is 12.2. The van der Waals surface area contributed by atoms with Crippen molar-refractivity contribution in [2.45, 2.75) is 48.7 Å². The summed E-state index contributed by atoms with van der Waals surface area (Å²) in [7, 11) is -6.73. The Labute approximate surface area is 113 Å². The summed E-state index contributed by atoms with van der Waals surface area (Å²) in [6.45, 7) is 13.0. The Bertz CT molecular complexity index is 482. The van der Waals surface area contributed by atoms with Gasteiger partial charge in [-0.3, -0.25) is 0 Å². The fourth-order valence-corrected chi connectivity index (χ4v) is 22.4. The van der Waals surface area contributed by atoms with Gasteiger partial charge in [-0.25, -0.2) is 8.42 Å². The molecule has 18 heavy (non-hydrogen) atoms. The average Bonchev–Trinajstić information content (AvgIpc) is 2.13. The quantitative estimate of drug-likeness (QED) is 0.796. The van der Waals surface area contributed by atoms with Crippen molar-refractivity contribution < 1.29 is 8.42 Å². The second-order valence-electron chi connectivity index (χ2n) is 6.97. The second kappa shape index (κ2) is 4.94. The van der Waals surface area contributed by atoms with Gasteiger partial charge in [-0.15, -0.1) is 0 Å². The number of hydrogen-bond donors (Lipinski definition) is 0. The van der Waals surface area contributed by atoms with E-state index in [1.54, 1.807) is 24.3 Å². The summed E-state index contributed by atoms with van der Waals surface area (Å²) in [6.07, 6.45) is 0. The van der Waals surface area contributed by atoms with Gasteiger partial charge in [-0.05, 0) is 12.1 Å². The van der Waals surface area contributed by atoms with Gasteiger partial charge in [0, 0.05) is 0 Å². The van der Waals surface area contributed by atoms with Gasteiger partial charge in [0.05, 0.1) is 25.5 Å². The first-order valence-electron chi connectivity index (χ1n) is 6.26. The van der Waals surface area contributed by atoms with Crippen molar-refractivity contribution in [1.29, 1.82) is 0 Å². The Morgan fingerprint density at radius 3 is 1.56 bits per heavy atom. The highest BCUT2D eigenvalue weighted by atomic mass is 32.2. The Balaban J connectivity index is 3.41. The normalized spacial score (nSPS) is 13.9. The van der Waals surface area contributed by atoms with E-state index >= 15 is 0 Å². The molecule has 0 aromatic heterocycles. The second-order valence-corrected chi connectivity index (χ2v) is 21.0. The molecule has 0 saturated heterocycles. The minimum absolute atomic E-state index is 0.139. The van der Waals surface area contributed by atoms with E-state index in [2.05, 4.69) is 39.3 Å². The third-order valence-corrected chi connectivity index (χ3v) is 19.0. The molecule has 1 rings (SSSR count). The first kappa shape index (κ1) is 15.7. The highest BCUT2D eigenvalue weighted by Crippen LogP contribution is 2.30. The lowest BCUT2D eigenvalue weighted by molar-refractivity contribution is 0.597. The molecule has 0 atom stereocenters. The van der Waals surface area contributed by atoms with Crippen LogP contribution in [0.15, 0.2) is 35.2 Å². The fourth-order valence-electron chi connectivity index (χ4n) is 2.98. The maximum Gasteiger partial charge on any atom is 0.176 e. The molecule has 0 N–H and O–H groups in total. The molecular formula is C13H24O2SSi2. The van der Waals surface area contributed by atoms with Crippen molar-refractivity contribution in [2.24, 2.45) is 0 Å². The highest BCUT2D eigenvalue weighted by Gasteiger charge is 2.46. The number of hydrogen-bond acceptors (Lipinski definition) is 2. The van der Waals surface area contributed by atoms with Gasteiger partial charge in [0.25, 0.3) is 0 Å². The Hall–Kier alpha value is -0.396. The van der Waals surface area contributed by atoms with Gasteiger partial charge in [0.15, 0.2) is 9.84 Å². The maximum absolute atomic E-state index is 12.9. The molecule has 0 fully saturated rings. The summed E-state index contributed by atoms with van der Waals surface area (Å²) in [5.74, 6) is 0. The molecule has 0 unspecified atom stereocenters. The predicted molar refractivity (Wildman–Crippen MR) is 84.1 cm³/mol. The monoisotopic (exact) mass is 300 g/mol. The van der Waals surface area contributed by atoms with Crippen molar-refractivity contribution >= 4 is 26.0 Å². The molecule has 2 nitrogen and oxygen atoms in total. The van der Waals surface area contributed by atoms with Crippen molar-refractivity contribution in [3.63, 3.8) is 0 Å². The maximum atomic E-state index is 12.9. The summed E-state index contributed by atoms with van der Waals surface area (Å²) in [5, 5.41) is 0. The predicted octanol–water partition coefficient (Wildman–Crippen LogP) is 3.58. The van der Waals surface area contributed by atoms with Crippen LogP contribution in [-0.4, -0.2) is 29.1 Å². The van der Waals surface area contributed by atoms with E-state index in [1.807, 2.05) is 6.07 Å². The van der Waals surface area contributed by atoms with E-state index in [4.69, 9.17) is 0 Å². The zero-order valence-corrected chi connectivity index (χ0v) is 15.0. The largest absolute Gasteiger partial charge is 0.224 e. The van der Waals surface area contributed by atoms with Crippen LogP contribution in [0.3, 0.4) is 0 Å². The smallest absolute Gasteiger partial charge is 0.176 e. The number of rotatable bonds is 4. The van der Waals surface area contributed by atoms with Crippen molar-refractivity contribution in [3.05, 3.63) is 30.3 Å². The third-order valence-electron chi connectivity index (χ3n) is 2.96. The van der Waals surface area contributed by atoms with Crippen LogP contribution < -0.4 is 0 Å². The van der Waals surface area contributed by atoms with Crippen LogP contribution in [0.25, 0.3) is 0 Å². The molecule has 0 radical (unpaired) electrons. The molecular weight excluding hydrogens is 276 g/mol. The van der Waals surface area contributed by atoms with Gasteiger partial charge >= 0.3 is 0 Å². The summed E-state index contributed by atoms with van der Waals surface area (Å²) in [5.41, 5.74) is 0. The lowest BCUT2D eigenvalue weighted by atomic mass is 10.4. The van der Waals surface area contributed by atoms with Crippen molar-refractivity contribution in [1.82, 2.24) is 0 Å². The minimum atomic E-state index is -3.19. The molecule has 0 aliphatic carbocycles. The molecule has 0 amide bonds. The SMILES string of the molecule is C[Si](C)(C)C([Si](C)(C)C)S(=O)(=O)c1ccccc1. The summed E-state index contributed by atoms with van der Waals surface area (Å²) in [4.78, 5) is 0.486. The Morgan fingerprint density at radius 1 is 0.833 bits per heavy atom. The van der Waals surface area contributed by atoms with E-state index in [0.29, 0.717) is 4.90 Å². The van der Waals surface area contributed by atoms with E-state index in [0.717, 1.165) is 0 Å². The molecule has 5 heteroatoms. The van der Waals surface area contributed by atoms with Gasteiger partial charge in [0.2, 0.25) is 0 Å². The van der Waals surface area contributed by atoms with Crippen molar-refractivity contribution in [2.75, 3.05) is 0 Å². The Kier molecular flexibility index (Phi) is 4.30. The van der Waals surface area contributed by atoms with Gasteiger partial charge in [-0.2, -0.15) is 0 Å². The molecule has 0 heterocycles. The number of sulfone groups is 1. The third kappa shape index (κ3) is 3.33. The average molecular weight is 301 g/mol. The molecule has 0 aliphatic rings. The van der Waals surface area contributed by atoms with Crippen LogP contribution in [0.5, 0.6) is 0 Å². The van der Waals surface area contributed by atoms with Crippen LogP contribution in [-0.2, 0) is 9.84 Å². The van der Waals surface area contributed by atoms with Crippen LogP contribution >= 0.6 is 0 Å². The Morgan fingerprint density at radius 2 is 1.22 bits per heavy atom. The fraction of sp³-hybridized carbons (Fsp3) is 0.538. The standard InChI is InChI=1S/C13H24O2SSi2/c1-17(2,3)13(18(4,5)6)16(14,15)12-10-8-7-9-11-12/h7-11,13H,1-6H3. The summed E-state index contributed by atoms with van der Waals surface area (Å²) < 4.78 is 25.7. The zero-order chi connectivity index (χ0) is 14.2. The minimum Gasteiger partial charge on any atom is -0.224 e. The lowest BCUT2D eigenvalue weighted by Crippen LogP contribution is -2.58. The summed E-state index contributed by atoms with van der Waals surface area (Å²) in [6, 6.07) is 8.92. The molecule has 0 saturated carbocycles. The first-order valence-corrected chi connectivity index (χ1v) is 15.0. The van der Waals surface area contributed by atoms with E-state index in [1.165, 1.54) is 0 Å². The molecule has 1 aromatic carbocycles. The van der Waals surface area contributed by atoms with Crippen LogP contribution in [0.1, 0.15) is 0 Å². The van der Waals surface area contributed by atoms with Crippen LogP contribution in [0, 0.1) is 0 Å². The summed E-state index contributed by atoms with van der Waals surface area (Å²) >= 11 is 0. The lowest BCUT2D eigenvalue weighted by Gasteiger charge is -2.37. The van der Waals surface area contributed by atoms with Crippen molar-refractivity contribution in [3.8, 4) is 0 Å². The van der Waals surface area contributed by atoms with Gasteiger partial charge < -0.3 is 0 Å².